The summed E-state index contributed by atoms with van der Waals surface area (Å²) in [6, 6.07) is 0. The van der Waals surface area contributed by atoms with Crippen LogP contribution in [0.1, 0.15) is 19.3 Å². The number of fused-ring (bicyclic) bond motifs is 2. The number of nitrogens with zero attached hydrogens (tertiary/aromatic N) is 1. The minimum Gasteiger partial charge on any atom is -0.481 e. The van der Waals surface area contributed by atoms with E-state index in [1.165, 1.54) is 0 Å². The second kappa shape index (κ2) is 5.20. The predicted octanol–water partition coefficient (Wildman–Crippen LogP) is 0.740. The van der Waals surface area contributed by atoms with Crippen molar-refractivity contribution in [1.82, 2.24) is 4.90 Å². The molecule has 0 aromatic rings. The minimum absolute atomic E-state index is 0.00897. The van der Waals surface area contributed by atoms with Crippen LogP contribution in [0.2, 0.25) is 0 Å². The first kappa shape index (κ1) is 13.6. The highest BCUT2D eigenvalue weighted by atomic mass is 16.4. The molecule has 0 spiro atoms. The molecule has 110 valence electrons. The summed E-state index contributed by atoms with van der Waals surface area (Å²) in [4.78, 5) is 25.9. The second-order valence-electron chi connectivity index (χ2n) is 6.29. The average Bonchev–Trinajstić information content (AvgIpc) is 3.12. The van der Waals surface area contributed by atoms with Crippen molar-refractivity contribution in [3.8, 4) is 0 Å². The summed E-state index contributed by atoms with van der Waals surface area (Å²) in [5.41, 5.74) is 0. The Morgan fingerprint density at radius 1 is 1.20 bits per heavy atom. The first-order chi connectivity index (χ1) is 9.61. The van der Waals surface area contributed by atoms with Crippen LogP contribution in [0, 0.1) is 29.6 Å². The molecule has 1 saturated carbocycles. The van der Waals surface area contributed by atoms with Gasteiger partial charge in [-0.2, -0.15) is 0 Å². The van der Waals surface area contributed by atoms with E-state index in [1.807, 2.05) is 17.1 Å². The third-order valence-corrected chi connectivity index (χ3v) is 5.16. The molecule has 1 aliphatic heterocycles. The molecular weight excluding hydrogens is 258 g/mol. The van der Waals surface area contributed by atoms with Gasteiger partial charge in [0.05, 0.1) is 11.8 Å². The number of carbonyl (C=O) groups is 2. The molecule has 2 fully saturated rings. The van der Waals surface area contributed by atoms with E-state index in [1.54, 1.807) is 0 Å². The average molecular weight is 279 g/mol. The van der Waals surface area contributed by atoms with Gasteiger partial charge in [-0.15, -0.1) is 0 Å². The maximum absolute atomic E-state index is 12.7. The molecule has 2 aliphatic carbocycles. The van der Waals surface area contributed by atoms with Crippen LogP contribution in [0.5, 0.6) is 0 Å². The fourth-order valence-electron chi connectivity index (χ4n) is 4.16. The van der Waals surface area contributed by atoms with E-state index in [0.717, 1.165) is 19.3 Å². The lowest BCUT2D eigenvalue weighted by Gasteiger charge is -2.28. The quantitative estimate of drug-likeness (QED) is 0.744. The molecule has 5 heteroatoms. The molecule has 0 aromatic carbocycles. The first-order valence-corrected chi connectivity index (χ1v) is 7.42. The van der Waals surface area contributed by atoms with Gasteiger partial charge in [0.25, 0.3) is 0 Å². The first-order valence-electron chi connectivity index (χ1n) is 7.42. The van der Waals surface area contributed by atoms with Crippen LogP contribution < -0.4 is 0 Å². The van der Waals surface area contributed by atoms with Crippen LogP contribution in [0.25, 0.3) is 0 Å². The van der Waals surface area contributed by atoms with Gasteiger partial charge in [-0.25, -0.2) is 0 Å². The standard InChI is InChI=1S/C15H21NO4/c17-6-4-9-3-5-16(8-9)14(18)12-10-1-2-11(7-10)13(12)15(19)20/h1-2,9-13,17H,3-8H2,(H,19,20)/t9?,10?,11?,12-,13+/m0/s1. The van der Waals surface area contributed by atoms with Crippen molar-refractivity contribution in [2.75, 3.05) is 19.7 Å². The lowest BCUT2D eigenvalue weighted by molar-refractivity contribution is -0.150. The third kappa shape index (κ3) is 2.14. The summed E-state index contributed by atoms with van der Waals surface area (Å²) >= 11 is 0. The summed E-state index contributed by atoms with van der Waals surface area (Å²) in [5.74, 6) is -1.26. The van der Waals surface area contributed by atoms with Gasteiger partial charge in [-0.1, -0.05) is 12.2 Å². The van der Waals surface area contributed by atoms with Crippen molar-refractivity contribution in [3.63, 3.8) is 0 Å². The highest BCUT2D eigenvalue weighted by Crippen LogP contribution is 2.49. The molecule has 5 atom stereocenters. The smallest absolute Gasteiger partial charge is 0.307 e. The molecule has 2 bridgehead atoms. The van der Waals surface area contributed by atoms with Gasteiger partial charge >= 0.3 is 5.97 Å². The number of aliphatic hydroxyl groups is 1. The molecule has 5 nitrogen and oxygen atoms in total. The van der Waals surface area contributed by atoms with Gasteiger partial charge in [0, 0.05) is 19.7 Å². The summed E-state index contributed by atoms with van der Waals surface area (Å²) in [5, 5.41) is 18.4. The number of carboxylic acids is 1. The Morgan fingerprint density at radius 2 is 1.90 bits per heavy atom. The topological polar surface area (TPSA) is 77.8 Å². The zero-order valence-corrected chi connectivity index (χ0v) is 11.4. The van der Waals surface area contributed by atoms with Crippen LogP contribution >= 0.6 is 0 Å². The molecule has 3 rings (SSSR count). The highest BCUT2D eigenvalue weighted by Gasteiger charge is 2.53. The number of rotatable bonds is 4. The van der Waals surface area contributed by atoms with E-state index in [4.69, 9.17) is 5.11 Å². The highest BCUT2D eigenvalue weighted by molar-refractivity contribution is 5.87. The molecule has 1 saturated heterocycles. The Morgan fingerprint density at radius 3 is 2.55 bits per heavy atom. The van der Waals surface area contributed by atoms with E-state index < -0.39 is 11.9 Å². The Balaban J connectivity index is 1.71. The Labute approximate surface area is 118 Å². The van der Waals surface area contributed by atoms with Gasteiger partial charge in [0.2, 0.25) is 5.91 Å². The van der Waals surface area contributed by atoms with E-state index in [0.29, 0.717) is 19.0 Å². The normalized spacial score (nSPS) is 38.6. The summed E-state index contributed by atoms with van der Waals surface area (Å²) in [7, 11) is 0. The molecule has 20 heavy (non-hydrogen) atoms. The number of hydrogen-bond acceptors (Lipinski definition) is 3. The summed E-state index contributed by atoms with van der Waals surface area (Å²) in [6.45, 7) is 1.53. The number of likely N-dealkylation sites (tertiary alicyclic amines) is 1. The Hall–Kier alpha value is -1.36. The molecule has 3 unspecified atom stereocenters. The molecule has 2 N–H and O–H groups in total. The SMILES string of the molecule is O=C(O)[C@@H]1C2C=CC(C2)[C@@H]1C(=O)N1CCC(CCO)C1. The van der Waals surface area contributed by atoms with Gasteiger partial charge in [0.15, 0.2) is 0 Å². The maximum Gasteiger partial charge on any atom is 0.307 e. The second-order valence-corrected chi connectivity index (χ2v) is 6.29. The lowest BCUT2D eigenvalue weighted by Crippen LogP contribution is -2.42. The van der Waals surface area contributed by atoms with Crippen LogP contribution in [0.15, 0.2) is 12.2 Å². The van der Waals surface area contributed by atoms with Crippen molar-refractivity contribution in [2.45, 2.75) is 19.3 Å². The third-order valence-electron chi connectivity index (χ3n) is 5.16. The molecule has 0 aromatic heterocycles. The van der Waals surface area contributed by atoms with E-state index in [2.05, 4.69) is 0 Å². The predicted molar refractivity (Wildman–Crippen MR) is 71.7 cm³/mol. The molecule has 1 amide bonds. The fraction of sp³-hybridized carbons (Fsp3) is 0.733. The van der Waals surface area contributed by atoms with Crippen molar-refractivity contribution in [2.24, 2.45) is 29.6 Å². The minimum atomic E-state index is -0.841. The zero-order chi connectivity index (χ0) is 14.3. The van der Waals surface area contributed by atoms with Gasteiger partial charge in [-0.3, -0.25) is 9.59 Å². The van der Waals surface area contributed by atoms with Gasteiger partial charge in [0.1, 0.15) is 0 Å². The number of amides is 1. The monoisotopic (exact) mass is 279 g/mol. The number of hydrogen-bond donors (Lipinski definition) is 2. The number of aliphatic hydroxyl groups excluding tert-OH is 1. The maximum atomic E-state index is 12.7. The number of allylic oxidation sites excluding steroid dienone is 2. The zero-order valence-electron chi connectivity index (χ0n) is 11.4. The molecule has 3 aliphatic rings. The van der Waals surface area contributed by atoms with Crippen LogP contribution in [-0.2, 0) is 9.59 Å². The van der Waals surface area contributed by atoms with Gasteiger partial charge in [-0.05, 0) is 37.0 Å². The van der Waals surface area contributed by atoms with Gasteiger partial charge < -0.3 is 15.1 Å². The van der Waals surface area contributed by atoms with Crippen molar-refractivity contribution >= 4 is 11.9 Å². The molecule has 1 heterocycles. The van der Waals surface area contributed by atoms with E-state index >= 15 is 0 Å². The Kier molecular flexibility index (Phi) is 3.54. The number of aliphatic carboxylic acids is 1. The fourth-order valence-corrected chi connectivity index (χ4v) is 4.16. The van der Waals surface area contributed by atoms with Crippen LogP contribution in [0.3, 0.4) is 0 Å². The largest absolute Gasteiger partial charge is 0.481 e. The van der Waals surface area contributed by atoms with Crippen LogP contribution in [-0.4, -0.2) is 46.7 Å². The van der Waals surface area contributed by atoms with E-state index in [9.17, 15) is 14.7 Å². The summed E-state index contributed by atoms with van der Waals surface area (Å²) < 4.78 is 0. The van der Waals surface area contributed by atoms with Crippen LogP contribution in [0.4, 0.5) is 0 Å². The molecule has 0 radical (unpaired) electrons. The van der Waals surface area contributed by atoms with Crippen molar-refractivity contribution in [3.05, 3.63) is 12.2 Å². The Bertz CT molecular complexity index is 447. The van der Waals surface area contributed by atoms with E-state index in [-0.39, 0.29) is 30.3 Å². The molecular formula is C15H21NO4. The van der Waals surface area contributed by atoms with Crippen molar-refractivity contribution < 1.29 is 19.8 Å². The summed E-state index contributed by atoms with van der Waals surface area (Å²) in [6.07, 6.45) is 6.43. The number of carbonyl (C=O) groups excluding carboxylic acids is 1. The lowest BCUT2D eigenvalue weighted by atomic mass is 9.82. The van der Waals surface area contributed by atoms with Crippen molar-refractivity contribution in [1.29, 1.82) is 0 Å². The number of carboxylic acid groups (broad SMARTS) is 1.